The number of carbonyl (C=O) groups is 2. The van der Waals surface area contributed by atoms with Crippen LogP contribution in [-0.2, 0) is 4.79 Å². The van der Waals surface area contributed by atoms with Crippen LogP contribution in [-0.4, -0.2) is 50.6 Å². The minimum atomic E-state index is -1.81. The van der Waals surface area contributed by atoms with Gasteiger partial charge in [-0.15, -0.1) is 0 Å². The summed E-state index contributed by atoms with van der Waals surface area (Å²) < 4.78 is 16.8. The Balaban J connectivity index is 1.66. The van der Waals surface area contributed by atoms with Crippen molar-refractivity contribution in [2.75, 3.05) is 13.6 Å². The number of rotatable bonds is 1. The normalized spacial score (nSPS) is 23.6. The largest absolute Gasteiger partial charge is 0.369 e. The molecular weight excluding hydrogens is 387 g/mol. The number of nitrogens with zero attached hydrogens (tertiary/aromatic N) is 3. The van der Waals surface area contributed by atoms with Crippen LogP contribution in [0.1, 0.15) is 46.2 Å². The molecule has 152 valence electrons. The van der Waals surface area contributed by atoms with Crippen LogP contribution in [0.4, 0.5) is 4.39 Å². The van der Waals surface area contributed by atoms with Gasteiger partial charge in [0, 0.05) is 31.3 Å². The average Bonchev–Trinajstić information content (AvgIpc) is 3.03. The molecule has 4 aliphatic rings. The molecule has 0 spiro atoms. The number of hydrogen-bond donors (Lipinski definition) is 2. The predicted octanol–water partition coefficient (Wildman–Crippen LogP) is 1.38. The van der Waals surface area contributed by atoms with E-state index in [9.17, 15) is 19.1 Å². The number of benzene rings is 1. The second-order valence-electron chi connectivity index (χ2n) is 8.03. The zero-order valence-corrected chi connectivity index (χ0v) is 16.5. The number of aliphatic hydroxyl groups is 1. The standard InChI is InChI=1S/C22H19FN4O3/c1-11-18(19(24)28)25-20-16-9-12(3-4-22(30)5-6-26(2)21(22)29)17(23)10-15(16)13-7-14(8-13)27(11)20/h7,9-10,14,30H,5-6,8H2,1-2H3,(H2,24,28)/t14?,22-/m1/s1. The molecule has 2 amide bonds. The van der Waals surface area contributed by atoms with Crippen LogP contribution in [0.15, 0.2) is 18.2 Å². The van der Waals surface area contributed by atoms with Crippen LogP contribution >= 0.6 is 0 Å². The van der Waals surface area contributed by atoms with Crippen molar-refractivity contribution in [3.8, 4) is 23.2 Å². The Kier molecular flexibility index (Phi) is 3.74. The number of likely N-dealkylation sites (N-methyl/N-ethyl adjacent to an activating group) is 1. The highest BCUT2D eigenvalue weighted by molar-refractivity contribution is 5.94. The summed E-state index contributed by atoms with van der Waals surface area (Å²) in [5, 5.41) is 10.5. The van der Waals surface area contributed by atoms with Gasteiger partial charge in [0.05, 0.1) is 11.6 Å². The van der Waals surface area contributed by atoms with E-state index < -0.39 is 23.2 Å². The maximum absolute atomic E-state index is 14.9. The first kappa shape index (κ1) is 18.6. The van der Waals surface area contributed by atoms with Gasteiger partial charge in [-0.2, -0.15) is 0 Å². The second kappa shape index (κ2) is 6.03. The van der Waals surface area contributed by atoms with Gasteiger partial charge in [0.2, 0.25) is 5.60 Å². The van der Waals surface area contributed by atoms with Gasteiger partial charge in [0.1, 0.15) is 17.3 Å². The van der Waals surface area contributed by atoms with Gasteiger partial charge in [0.25, 0.3) is 11.8 Å². The first-order valence-electron chi connectivity index (χ1n) is 9.64. The smallest absolute Gasteiger partial charge is 0.269 e. The Morgan fingerprint density at radius 1 is 1.40 bits per heavy atom. The van der Waals surface area contributed by atoms with Gasteiger partial charge >= 0.3 is 0 Å². The predicted molar refractivity (Wildman–Crippen MR) is 107 cm³/mol. The highest BCUT2D eigenvalue weighted by Gasteiger charge is 2.42. The second-order valence-corrected chi connectivity index (χ2v) is 8.03. The Hall–Kier alpha value is -3.44. The summed E-state index contributed by atoms with van der Waals surface area (Å²) >= 11 is 0. The van der Waals surface area contributed by atoms with E-state index in [1.165, 1.54) is 11.0 Å². The fourth-order valence-corrected chi connectivity index (χ4v) is 4.39. The highest BCUT2D eigenvalue weighted by atomic mass is 19.1. The number of primary amides is 1. The molecule has 6 rings (SSSR count). The van der Waals surface area contributed by atoms with Gasteiger partial charge in [-0.1, -0.05) is 17.9 Å². The van der Waals surface area contributed by atoms with Crippen molar-refractivity contribution in [2.24, 2.45) is 5.73 Å². The summed E-state index contributed by atoms with van der Waals surface area (Å²) in [6.45, 7) is 2.17. The third-order valence-corrected chi connectivity index (χ3v) is 6.15. The molecule has 2 aromatic rings. The lowest BCUT2D eigenvalue weighted by atomic mass is 9.86. The zero-order chi connectivity index (χ0) is 21.4. The highest BCUT2D eigenvalue weighted by Crippen LogP contribution is 2.48. The summed E-state index contributed by atoms with van der Waals surface area (Å²) in [6, 6.07) is 3.00. The summed E-state index contributed by atoms with van der Waals surface area (Å²) in [5.74, 6) is 4.08. The minimum absolute atomic E-state index is 0.0351. The van der Waals surface area contributed by atoms with E-state index in [0.29, 0.717) is 35.6 Å². The maximum Gasteiger partial charge on any atom is 0.269 e. The molecule has 0 saturated carbocycles. The number of nitrogens with two attached hydrogens (primary N) is 1. The van der Waals surface area contributed by atoms with Crippen molar-refractivity contribution in [3.05, 3.63) is 46.5 Å². The van der Waals surface area contributed by atoms with Crippen LogP contribution < -0.4 is 5.73 Å². The number of amides is 2. The Bertz CT molecular complexity index is 1250. The van der Waals surface area contributed by atoms with Gasteiger partial charge in [-0.25, -0.2) is 9.37 Å². The van der Waals surface area contributed by atoms with E-state index in [1.54, 1.807) is 20.0 Å². The molecule has 8 heteroatoms. The number of imidazole rings is 1. The van der Waals surface area contributed by atoms with Crippen molar-refractivity contribution in [3.63, 3.8) is 0 Å². The number of carbonyl (C=O) groups excluding carboxylic acids is 2. The molecule has 1 aliphatic carbocycles. The van der Waals surface area contributed by atoms with E-state index in [0.717, 1.165) is 5.57 Å². The molecule has 1 saturated heterocycles. The fourth-order valence-electron chi connectivity index (χ4n) is 4.39. The van der Waals surface area contributed by atoms with Gasteiger partial charge in [0.15, 0.2) is 0 Å². The molecular formula is C22H19FN4O3. The monoisotopic (exact) mass is 406 g/mol. The molecule has 1 unspecified atom stereocenters. The van der Waals surface area contributed by atoms with E-state index >= 15 is 0 Å². The number of allylic oxidation sites excluding steroid dienone is 2. The summed E-state index contributed by atoms with van der Waals surface area (Å²) in [7, 11) is 1.59. The van der Waals surface area contributed by atoms with Crippen molar-refractivity contribution in [1.82, 2.24) is 14.5 Å². The van der Waals surface area contributed by atoms with Crippen molar-refractivity contribution in [1.29, 1.82) is 0 Å². The lowest BCUT2D eigenvalue weighted by Gasteiger charge is -2.25. The van der Waals surface area contributed by atoms with Crippen LogP contribution in [0, 0.1) is 24.6 Å². The van der Waals surface area contributed by atoms with Crippen LogP contribution in [0.2, 0.25) is 0 Å². The minimum Gasteiger partial charge on any atom is -0.369 e. The lowest BCUT2D eigenvalue weighted by Crippen LogP contribution is -2.37. The van der Waals surface area contributed by atoms with Crippen LogP contribution in [0.3, 0.4) is 0 Å². The molecule has 2 atom stereocenters. The van der Waals surface area contributed by atoms with Crippen molar-refractivity contribution >= 4 is 17.4 Å². The van der Waals surface area contributed by atoms with Crippen LogP contribution in [0.5, 0.6) is 0 Å². The molecule has 7 nitrogen and oxygen atoms in total. The van der Waals surface area contributed by atoms with Crippen molar-refractivity contribution < 1.29 is 19.1 Å². The molecule has 1 fully saturated rings. The molecule has 1 aromatic heterocycles. The quantitative estimate of drug-likeness (QED) is 0.699. The van der Waals surface area contributed by atoms with Gasteiger partial charge in [-0.05, 0) is 36.6 Å². The Morgan fingerprint density at radius 3 is 2.77 bits per heavy atom. The van der Waals surface area contributed by atoms with E-state index in [4.69, 9.17) is 5.73 Å². The zero-order valence-electron chi connectivity index (χ0n) is 16.5. The molecule has 0 radical (unpaired) electrons. The topological polar surface area (TPSA) is 101 Å². The number of likely N-dealkylation sites (tertiary alicyclic amines) is 1. The van der Waals surface area contributed by atoms with E-state index in [1.807, 2.05) is 10.6 Å². The van der Waals surface area contributed by atoms with Crippen LogP contribution in [0.25, 0.3) is 17.0 Å². The van der Waals surface area contributed by atoms with Crippen molar-refractivity contribution in [2.45, 2.75) is 31.4 Å². The average molecular weight is 406 g/mol. The number of halogens is 1. The third kappa shape index (κ3) is 2.45. The maximum atomic E-state index is 14.9. The van der Waals surface area contributed by atoms with Gasteiger partial charge < -0.3 is 20.3 Å². The number of hydrogen-bond acceptors (Lipinski definition) is 4. The fraction of sp³-hybridized carbons (Fsp3) is 0.318. The summed E-state index contributed by atoms with van der Waals surface area (Å²) in [4.78, 5) is 29.8. The first-order valence-corrected chi connectivity index (χ1v) is 9.64. The lowest BCUT2D eigenvalue weighted by molar-refractivity contribution is -0.137. The molecule has 30 heavy (non-hydrogen) atoms. The molecule has 4 heterocycles. The van der Waals surface area contributed by atoms with Gasteiger partial charge in [-0.3, -0.25) is 9.59 Å². The molecule has 2 bridgehead atoms. The first-order chi connectivity index (χ1) is 14.2. The Morgan fingerprint density at radius 2 is 2.13 bits per heavy atom. The molecule has 1 aromatic carbocycles. The third-order valence-electron chi connectivity index (χ3n) is 6.15. The molecule has 3 N–H and O–H groups in total. The van der Waals surface area contributed by atoms with E-state index in [2.05, 4.69) is 16.8 Å². The summed E-state index contributed by atoms with van der Waals surface area (Å²) in [6.07, 6.45) is 2.90. The SMILES string of the molecule is Cc1c(C(N)=O)nc2n1C1C=C(C1)c1cc(F)c(C#C[C@@]3(O)CCN(C)C3=O)cc1-2. The molecule has 3 aliphatic heterocycles. The van der Waals surface area contributed by atoms with E-state index in [-0.39, 0.29) is 23.7 Å². The number of aromatic nitrogens is 2. The Labute approximate surface area is 172 Å². The summed E-state index contributed by atoms with van der Waals surface area (Å²) in [5.41, 5.74) is 6.91.